The quantitative estimate of drug-likeness (QED) is 0.188. The number of aromatic hydroxyl groups is 3. The lowest BCUT2D eigenvalue weighted by molar-refractivity contribution is -0.112. The molecule has 2 amide bonds. The second kappa shape index (κ2) is 14.0. The van der Waals surface area contributed by atoms with E-state index in [1.807, 2.05) is 6.92 Å². The summed E-state index contributed by atoms with van der Waals surface area (Å²) in [6, 6.07) is 1.06. The highest BCUT2D eigenvalue weighted by atomic mass is 16.6. The Morgan fingerprint density at radius 1 is 1.10 bits per heavy atom. The van der Waals surface area contributed by atoms with E-state index in [4.69, 9.17) is 19.9 Å². The van der Waals surface area contributed by atoms with E-state index in [2.05, 4.69) is 5.32 Å². The molecule has 11 heteroatoms. The van der Waals surface area contributed by atoms with E-state index in [1.54, 1.807) is 39.0 Å². The summed E-state index contributed by atoms with van der Waals surface area (Å²) in [7, 11) is 2.90. The number of nitrogens with two attached hydrogens (primary N) is 1. The van der Waals surface area contributed by atoms with E-state index in [0.717, 1.165) is 6.07 Å². The summed E-state index contributed by atoms with van der Waals surface area (Å²) in [4.78, 5) is 24.5. The SMILES string of the molecule is CO[C@H]1/C=C\C=C(/C)C(=O)Nc2cc(O)c(O)c(c2O)C[C@@H](C)C[C@H](OC)[C@H](O)[C@@H](C)/C=C(\C)[C@@H]1OC(N)=O. The molecule has 0 spiro atoms. The Morgan fingerprint density at radius 3 is 2.36 bits per heavy atom. The molecule has 2 rings (SSSR count). The number of hydrogen-bond acceptors (Lipinski definition) is 9. The van der Waals surface area contributed by atoms with Crippen molar-refractivity contribution >= 4 is 17.7 Å². The average Bonchev–Trinajstić information content (AvgIpc) is 2.88. The van der Waals surface area contributed by atoms with E-state index in [9.17, 15) is 30.0 Å². The van der Waals surface area contributed by atoms with Gasteiger partial charge in [0.2, 0.25) is 0 Å². The molecule has 1 aliphatic heterocycles. The van der Waals surface area contributed by atoms with Gasteiger partial charge in [-0.2, -0.15) is 0 Å². The number of carbonyl (C=O) groups is 2. The van der Waals surface area contributed by atoms with Crippen molar-refractivity contribution in [1.82, 2.24) is 0 Å². The molecular weight excluding hydrogens is 508 g/mol. The fraction of sp³-hybridized carbons (Fsp3) is 0.500. The summed E-state index contributed by atoms with van der Waals surface area (Å²) >= 11 is 0. The van der Waals surface area contributed by atoms with Gasteiger partial charge in [0.1, 0.15) is 11.9 Å². The third-order valence-corrected chi connectivity index (χ3v) is 6.80. The number of hydrogen-bond donors (Lipinski definition) is 6. The van der Waals surface area contributed by atoms with Gasteiger partial charge in [0, 0.05) is 37.3 Å². The van der Waals surface area contributed by atoms with Crippen molar-refractivity contribution in [3.05, 3.63) is 47.1 Å². The lowest BCUT2D eigenvalue weighted by Gasteiger charge is -2.29. The van der Waals surface area contributed by atoms with Crippen molar-refractivity contribution in [3.63, 3.8) is 0 Å². The Hall–Kier alpha value is -3.54. The number of allylic oxidation sites excluding steroid dienone is 2. The molecule has 6 atom stereocenters. The smallest absolute Gasteiger partial charge is 0.405 e. The van der Waals surface area contributed by atoms with Crippen molar-refractivity contribution in [1.29, 1.82) is 0 Å². The molecule has 1 heterocycles. The molecule has 7 N–H and O–H groups in total. The zero-order valence-corrected chi connectivity index (χ0v) is 23.2. The Labute approximate surface area is 228 Å². The summed E-state index contributed by atoms with van der Waals surface area (Å²) in [5.74, 6) is -2.62. The zero-order chi connectivity index (χ0) is 29.4. The third kappa shape index (κ3) is 8.22. The molecule has 0 unspecified atom stereocenters. The first-order valence-electron chi connectivity index (χ1n) is 12.6. The number of carbonyl (C=O) groups excluding carboxylic acids is 2. The molecule has 0 aliphatic carbocycles. The molecule has 0 fully saturated rings. The van der Waals surface area contributed by atoms with Gasteiger partial charge in [0.15, 0.2) is 17.6 Å². The normalized spacial score (nSPS) is 30.8. The van der Waals surface area contributed by atoms with Crippen LogP contribution in [0.2, 0.25) is 0 Å². The van der Waals surface area contributed by atoms with Crippen LogP contribution in [0.5, 0.6) is 17.2 Å². The van der Waals surface area contributed by atoms with E-state index in [0.29, 0.717) is 12.0 Å². The molecule has 0 radical (unpaired) electrons. The van der Waals surface area contributed by atoms with Crippen molar-refractivity contribution in [2.45, 2.75) is 65.0 Å². The van der Waals surface area contributed by atoms with Crippen LogP contribution in [-0.4, -0.2) is 71.1 Å². The van der Waals surface area contributed by atoms with Crippen molar-refractivity contribution < 1.29 is 44.2 Å². The predicted octanol–water partition coefficient (Wildman–Crippen LogP) is 3.26. The van der Waals surface area contributed by atoms with Gasteiger partial charge in [-0.3, -0.25) is 4.79 Å². The minimum Gasteiger partial charge on any atom is -0.505 e. The number of aliphatic hydroxyl groups is 1. The number of anilines is 1. The van der Waals surface area contributed by atoms with Gasteiger partial charge in [-0.25, -0.2) is 4.79 Å². The van der Waals surface area contributed by atoms with Crippen LogP contribution in [0.1, 0.15) is 39.7 Å². The highest BCUT2D eigenvalue weighted by molar-refractivity contribution is 6.04. The summed E-state index contributed by atoms with van der Waals surface area (Å²) < 4.78 is 16.4. The number of amides is 2. The number of rotatable bonds is 3. The van der Waals surface area contributed by atoms with Crippen LogP contribution >= 0.6 is 0 Å². The maximum absolute atomic E-state index is 12.8. The topological polar surface area (TPSA) is 181 Å². The fourth-order valence-electron chi connectivity index (χ4n) is 4.59. The fourth-order valence-corrected chi connectivity index (χ4v) is 4.59. The van der Waals surface area contributed by atoms with Crippen LogP contribution in [0.15, 0.2) is 41.5 Å². The van der Waals surface area contributed by atoms with E-state index in [1.165, 1.54) is 20.3 Å². The van der Waals surface area contributed by atoms with Gasteiger partial charge < -0.3 is 45.7 Å². The highest BCUT2D eigenvalue weighted by Crippen LogP contribution is 2.43. The number of aliphatic hydroxyl groups excluding tert-OH is 1. The summed E-state index contributed by atoms with van der Waals surface area (Å²) in [5.41, 5.74) is 6.12. The number of phenolic OH excluding ortho intramolecular Hbond substituents is 3. The molecule has 1 aromatic rings. The molecule has 0 saturated carbocycles. The summed E-state index contributed by atoms with van der Waals surface area (Å²) in [6.45, 7) is 6.89. The standard InChI is InChI=1S/C28H40N2O9/c1-14-10-18-24(33)19(13-20(31)25(18)34)30-27(35)15(2)8-7-9-21(37-5)26(39-28(29)36)17(4)12-16(3)23(32)22(11-14)38-6/h7-9,12-14,16,21-23,26,31-34H,10-11H2,1-6H3,(H2,29,36)(H,30,35)/b9-7-,15-8+,17-12+/t14-,16+,21+,22+,23-,26+/m1/s1. The van der Waals surface area contributed by atoms with Gasteiger partial charge >= 0.3 is 6.09 Å². The van der Waals surface area contributed by atoms with E-state index < -0.39 is 53.8 Å². The molecule has 1 aliphatic rings. The summed E-state index contributed by atoms with van der Waals surface area (Å²) in [6.07, 6.45) is 2.53. The van der Waals surface area contributed by atoms with Crippen LogP contribution < -0.4 is 11.1 Å². The van der Waals surface area contributed by atoms with E-state index in [-0.39, 0.29) is 34.9 Å². The van der Waals surface area contributed by atoms with Gasteiger partial charge in [-0.05, 0) is 38.2 Å². The Morgan fingerprint density at radius 2 is 1.77 bits per heavy atom. The average molecular weight is 549 g/mol. The zero-order valence-electron chi connectivity index (χ0n) is 23.2. The number of primary amides is 1. The third-order valence-electron chi connectivity index (χ3n) is 6.80. The Kier molecular flexibility index (Phi) is 11.4. The first kappa shape index (κ1) is 31.7. The number of nitrogens with one attached hydrogen (secondary N) is 1. The Balaban J connectivity index is 2.62. The monoisotopic (exact) mass is 548 g/mol. The molecule has 216 valence electrons. The maximum Gasteiger partial charge on any atom is 0.405 e. The van der Waals surface area contributed by atoms with Crippen LogP contribution in [-0.2, 0) is 25.4 Å². The molecule has 39 heavy (non-hydrogen) atoms. The molecule has 1 aromatic carbocycles. The minimum absolute atomic E-state index is 0.0553. The van der Waals surface area contributed by atoms with Crippen LogP contribution in [0, 0.1) is 11.8 Å². The van der Waals surface area contributed by atoms with Crippen LogP contribution in [0.25, 0.3) is 0 Å². The molecule has 0 saturated heterocycles. The van der Waals surface area contributed by atoms with Crippen molar-refractivity contribution in [2.24, 2.45) is 17.6 Å². The number of fused-ring (bicyclic) bond motifs is 2. The molecule has 11 nitrogen and oxygen atoms in total. The van der Waals surface area contributed by atoms with Gasteiger partial charge in [0.05, 0.1) is 17.9 Å². The lowest BCUT2D eigenvalue weighted by atomic mass is 9.88. The number of benzene rings is 1. The first-order valence-corrected chi connectivity index (χ1v) is 12.6. The number of methoxy groups -OCH3 is 2. The Bertz CT molecular complexity index is 1130. The van der Waals surface area contributed by atoms with E-state index >= 15 is 0 Å². The van der Waals surface area contributed by atoms with Crippen molar-refractivity contribution in [3.8, 4) is 17.2 Å². The van der Waals surface area contributed by atoms with Crippen LogP contribution in [0.4, 0.5) is 10.5 Å². The van der Waals surface area contributed by atoms with Gasteiger partial charge in [-0.1, -0.05) is 38.2 Å². The van der Waals surface area contributed by atoms with Crippen molar-refractivity contribution in [2.75, 3.05) is 19.5 Å². The summed E-state index contributed by atoms with van der Waals surface area (Å²) in [5, 5.41) is 45.2. The molecule has 0 aromatic heterocycles. The number of phenols is 3. The lowest BCUT2D eigenvalue weighted by Crippen LogP contribution is -2.37. The molecular formula is C28H40N2O9. The number of ether oxygens (including phenoxy) is 3. The second-order valence-electron chi connectivity index (χ2n) is 9.95. The highest BCUT2D eigenvalue weighted by Gasteiger charge is 2.30. The van der Waals surface area contributed by atoms with Crippen LogP contribution in [0.3, 0.4) is 0 Å². The second-order valence-corrected chi connectivity index (χ2v) is 9.95. The van der Waals surface area contributed by atoms with Gasteiger partial charge in [-0.15, -0.1) is 0 Å². The molecule has 2 bridgehead atoms. The first-order chi connectivity index (χ1) is 18.3. The minimum atomic E-state index is -1.00. The maximum atomic E-state index is 12.8. The largest absolute Gasteiger partial charge is 0.505 e. The van der Waals surface area contributed by atoms with Gasteiger partial charge in [0.25, 0.3) is 5.91 Å². The predicted molar refractivity (Wildman–Crippen MR) is 145 cm³/mol.